The van der Waals surface area contributed by atoms with E-state index in [4.69, 9.17) is 9.15 Å². The van der Waals surface area contributed by atoms with E-state index in [0.717, 1.165) is 29.1 Å². The molecule has 1 aromatic carbocycles. The predicted molar refractivity (Wildman–Crippen MR) is 103 cm³/mol. The molecule has 142 valence electrons. The molecule has 3 rings (SSSR count). The zero-order chi connectivity index (χ0) is 19.6. The molecule has 1 saturated carbocycles. The summed E-state index contributed by atoms with van der Waals surface area (Å²) in [5.41, 5.74) is 0.443. The minimum absolute atomic E-state index is 0.0891. The van der Waals surface area contributed by atoms with Crippen LogP contribution in [0.2, 0.25) is 0 Å². The first-order valence-electron chi connectivity index (χ1n) is 8.92. The van der Waals surface area contributed by atoms with E-state index in [1.807, 2.05) is 12.1 Å². The van der Waals surface area contributed by atoms with Gasteiger partial charge in [0.05, 0.1) is 6.07 Å². The van der Waals surface area contributed by atoms with Gasteiger partial charge in [-0.05, 0) is 38.0 Å². The number of carbonyl (C=O) groups is 2. The summed E-state index contributed by atoms with van der Waals surface area (Å²) in [6.07, 6.45) is 4.20. The zero-order valence-corrected chi connectivity index (χ0v) is 17.0. The molecule has 0 N–H and O–H groups in total. The van der Waals surface area contributed by atoms with E-state index < -0.39 is 18.1 Å². The Kier molecular flexibility index (Phi) is 5.56. The second-order valence-electron chi connectivity index (χ2n) is 6.93. The Morgan fingerprint density at radius 1 is 1.33 bits per heavy atom. The lowest BCUT2D eigenvalue weighted by Gasteiger charge is -2.38. The van der Waals surface area contributed by atoms with Gasteiger partial charge in [0.25, 0.3) is 5.91 Å². The van der Waals surface area contributed by atoms with Crippen LogP contribution >= 0.6 is 15.9 Å². The fourth-order valence-electron chi connectivity index (χ4n) is 3.58. The number of aryl methyl sites for hydroxylation is 1. The number of rotatable bonds is 4. The third-order valence-electron chi connectivity index (χ3n) is 5.32. The summed E-state index contributed by atoms with van der Waals surface area (Å²) in [4.78, 5) is 26.3. The lowest BCUT2D eigenvalue weighted by Crippen LogP contribution is -2.51. The fraction of sp³-hybridized carbons (Fsp3) is 0.450. The van der Waals surface area contributed by atoms with Crippen molar-refractivity contribution in [1.82, 2.24) is 4.90 Å². The molecular formula is C20H21BrN2O4. The molecule has 1 aliphatic rings. The Bertz CT molecular complexity index is 922. The van der Waals surface area contributed by atoms with E-state index in [1.165, 1.54) is 4.90 Å². The molecule has 1 aromatic heterocycles. The molecule has 1 amide bonds. The van der Waals surface area contributed by atoms with Crippen LogP contribution in [0.25, 0.3) is 11.0 Å². The molecule has 0 radical (unpaired) electrons. The highest BCUT2D eigenvalue weighted by Gasteiger charge is 2.39. The van der Waals surface area contributed by atoms with Crippen LogP contribution in [0.3, 0.4) is 0 Å². The number of ether oxygens (including phenoxy) is 1. The van der Waals surface area contributed by atoms with Crippen molar-refractivity contribution in [1.29, 1.82) is 5.26 Å². The van der Waals surface area contributed by atoms with Crippen LogP contribution < -0.4 is 0 Å². The van der Waals surface area contributed by atoms with Crippen LogP contribution in [0.15, 0.2) is 27.1 Å². The van der Waals surface area contributed by atoms with E-state index in [1.54, 1.807) is 20.0 Å². The second kappa shape index (κ2) is 7.73. The first-order valence-corrected chi connectivity index (χ1v) is 9.71. The number of benzene rings is 1. The highest BCUT2D eigenvalue weighted by molar-refractivity contribution is 9.10. The number of carbonyl (C=O) groups excluding carboxylic acids is 2. The van der Waals surface area contributed by atoms with E-state index >= 15 is 0 Å². The maximum atomic E-state index is 12.5. The van der Waals surface area contributed by atoms with Crippen LogP contribution in [0.5, 0.6) is 0 Å². The molecule has 27 heavy (non-hydrogen) atoms. The van der Waals surface area contributed by atoms with Crippen LogP contribution in [0.1, 0.15) is 48.2 Å². The first-order chi connectivity index (χ1) is 12.9. The standard InChI is InChI=1S/C20H21BrN2O4/c1-13-15-10-14(21)6-7-16(15)27-18(13)19(25)26-11-17(24)23(2)20(12-22)8-4-3-5-9-20/h6-7,10H,3-5,8-9,11H2,1-2H3. The van der Waals surface area contributed by atoms with Crippen molar-refractivity contribution < 1.29 is 18.7 Å². The fourth-order valence-corrected chi connectivity index (χ4v) is 3.94. The van der Waals surface area contributed by atoms with Crippen molar-refractivity contribution >= 4 is 38.8 Å². The number of likely N-dealkylation sites (N-methyl/N-ethyl adjacent to an activating group) is 1. The highest BCUT2D eigenvalue weighted by atomic mass is 79.9. The zero-order valence-electron chi connectivity index (χ0n) is 15.4. The van der Waals surface area contributed by atoms with Gasteiger partial charge in [0, 0.05) is 22.5 Å². The maximum absolute atomic E-state index is 12.5. The maximum Gasteiger partial charge on any atom is 0.375 e. The minimum atomic E-state index is -0.802. The number of hydrogen-bond donors (Lipinski definition) is 0. The lowest BCUT2D eigenvalue weighted by atomic mass is 9.81. The molecule has 2 aromatic rings. The number of nitrogens with zero attached hydrogens (tertiary/aromatic N) is 2. The molecule has 0 spiro atoms. The average Bonchev–Trinajstić information content (AvgIpc) is 3.02. The van der Waals surface area contributed by atoms with Crippen molar-refractivity contribution in [3.63, 3.8) is 0 Å². The Labute approximate surface area is 166 Å². The molecule has 1 heterocycles. The van der Waals surface area contributed by atoms with Gasteiger partial charge in [0.1, 0.15) is 11.1 Å². The number of esters is 1. The van der Waals surface area contributed by atoms with Gasteiger partial charge in [-0.2, -0.15) is 5.26 Å². The third-order valence-corrected chi connectivity index (χ3v) is 5.81. The van der Waals surface area contributed by atoms with Gasteiger partial charge in [-0.15, -0.1) is 0 Å². The van der Waals surface area contributed by atoms with Gasteiger partial charge >= 0.3 is 5.97 Å². The van der Waals surface area contributed by atoms with E-state index in [0.29, 0.717) is 24.0 Å². The van der Waals surface area contributed by atoms with Crippen molar-refractivity contribution in [3.8, 4) is 6.07 Å². The highest BCUT2D eigenvalue weighted by Crippen LogP contribution is 2.32. The third kappa shape index (κ3) is 3.72. The normalized spacial score (nSPS) is 15.9. The van der Waals surface area contributed by atoms with Crippen molar-refractivity contribution in [3.05, 3.63) is 34.0 Å². The molecule has 6 nitrogen and oxygen atoms in total. The molecular weight excluding hydrogens is 412 g/mol. The molecule has 0 unspecified atom stereocenters. The number of halogens is 1. The van der Waals surface area contributed by atoms with Crippen molar-refractivity contribution in [2.45, 2.75) is 44.6 Å². The monoisotopic (exact) mass is 432 g/mol. The summed E-state index contributed by atoms with van der Waals surface area (Å²) in [7, 11) is 1.61. The quantitative estimate of drug-likeness (QED) is 0.670. The van der Waals surface area contributed by atoms with E-state index in [-0.39, 0.29) is 11.7 Å². The average molecular weight is 433 g/mol. The second-order valence-corrected chi connectivity index (χ2v) is 7.85. The molecule has 1 fully saturated rings. The molecule has 0 saturated heterocycles. The van der Waals surface area contributed by atoms with Gasteiger partial charge in [-0.1, -0.05) is 35.2 Å². The lowest BCUT2D eigenvalue weighted by molar-refractivity contribution is -0.138. The number of furan rings is 1. The van der Waals surface area contributed by atoms with Crippen LogP contribution in [-0.2, 0) is 9.53 Å². The Balaban J connectivity index is 1.69. The van der Waals surface area contributed by atoms with Gasteiger partial charge in [0.2, 0.25) is 5.76 Å². The molecule has 0 aliphatic heterocycles. The SMILES string of the molecule is Cc1c(C(=O)OCC(=O)N(C)C2(C#N)CCCCC2)oc2ccc(Br)cc12. The van der Waals surface area contributed by atoms with Crippen LogP contribution in [-0.4, -0.2) is 36.0 Å². The Morgan fingerprint density at radius 3 is 2.70 bits per heavy atom. The van der Waals surface area contributed by atoms with Crippen LogP contribution in [0.4, 0.5) is 0 Å². The molecule has 0 bridgehead atoms. The predicted octanol–water partition coefficient (Wildman–Crippen LogP) is 4.35. The molecule has 1 aliphatic carbocycles. The van der Waals surface area contributed by atoms with E-state index in [9.17, 15) is 14.9 Å². The van der Waals surface area contributed by atoms with Crippen molar-refractivity contribution in [2.24, 2.45) is 0 Å². The van der Waals surface area contributed by atoms with Gasteiger partial charge in [0.15, 0.2) is 6.61 Å². The summed E-state index contributed by atoms with van der Waals surface area (Å²) >= 11 is 3.39. The molecule has 0 atom stereocenters. The number of fused-ring (bicyclic) bond motifs is 1. The smallest absolute Gasteiger partial charge is 0.375 e. The van der Waals surface area contributed by atoms with Crippen molar-refractivity contribution in [2.75, 3.05) is 13.7 Å². The summed E-state index contributed by atoms with van der Waals surface area (Å²) < 4.78 is 11.7. The number of amides is 1. The van der Waals surface area contributed by atoms with Gasteiger partial charge in [-0.25, -0.2) is 4.79 Å². The summed E-state index contributed by atoms with van der Waals surface area (Å²) in [6, 6.07) is 7.75. The Hall–Kier alpha value is -2.33. The van der Waals surface area contributed by atoms with Gasteiger partial charge in [-0.3, -0.25) is 4.79 Å². The first kappa shape index (κ1) is 19.4. The summed E-state index contributed by atoms with van der Waals surface area (Å²) in [5, 5.41) is 10.4. The summed E-state index contributed by atoms with van der Waals surface area (Å²) in [5.74, 6) is -0.981. The Morgan fingerprint density at radius 2 is 2.04 bits per heavy atom. The minimum Gasteiger partial charge on any atom is -0.450 e. The summed E-state index contributed by atoms with van der Waals surface area (Å²) in [6.45, 7) is 1.36. The topological polar surface area (TPSA) is 83.5 Å². The number of nitriles is 1. The van der Waals surface area contributed by atoms with Crippen LogP contribution in [0, 0.1) is 18.3 Å². The van der Waals surface area contributed by atoms with E-state index in [2.05, 4.69) is 22.0 Å². The largest absolute Gasteiger partial charge is 0.450 e. The van der Waals surface area contributed by atoms with Gasteiger partial charge < -0.3 is 14.1 Å². The molecule has 7 heteroatoms. The number of hydrogen-bond acceptors (Lipinski definition) is 5.